The van der Waals surface area contributed by atoms with E-state index in [9.17, 15) is 4.79 Å². The summed E-state index contributed by atoms with van der Waals surface area (Å²) in [6, 6.07) is 19.5. The lowest BCUT2D eigenvalue weighted by molar-refractivity contribution is -0.118. The van der Waals surface area contributed by atoms with Crippen molar-refractivity contribution in [2.45, 2.75) is 12.8 Å². The van der Waals surface area contributed by atoms with Gasteiger partial charge in [0.1, 0.15) is 0 Å². The van der Waals surface area contributed by atoms with Crippen molar-refractivity contribution in [2.75, 3.05) is 11.4 Å². The Bertz CT molecular complexity index is 1120. The van der Waals surface area contributed by atoms with Gasteiger partial charge in [-0.3, -0.25) is 9.69 Å². The van der Waals surface area contributed by atoms with Gasteiger partial charge in [0.25, 0.3) is 0 Å². The monoisotopic (exact) mass is 416 g/mol. The van der Waals surface area contributed by atoms with Gasteiger partial charge in [0.15, 0.2) is 5.13 Å². The van der Waals surface area contributed by atoms with E-state index in [1.165, 1.54) is 11.3 Å². The highest BCUT2D eigenvalue weighted by Gasteiger charge is 2.19. The van der Waals surface area contributed by atoms with Crippen LogP contribution in [0.4, 0.5) is 5.13 Å². The van der Waals surface area contributed by atoms with E-state index in [4.69, 9.17) is 4.52 Å². The minimum atomic E-state index is -0.0664. The van der Waals surface area contributed by atoms with Crippen LogP contribution in [0, 0.1) is 0 Å². The number of hydrogen-bond acceptors (Lipinski definition) is 6. The van der Waals surface area contributed by atoms with Gasteiger partial charge in [-0.1, -0.05) is 71.9 Å². The first-order chi connectivity index (χ1) is 14.7. The maximum atomic E-state index is 12.9. The maximum Gasteiger partial charge on any atom is 0.229 e. The van der Waals surface area contributed by atoms with Gasteiger partial charge in [0, 0.05) is 35.9 Å². The van der Waals surface area contributed by atoms with Crippen LogP contribution >= 0.6 is 11.3 Å². The van der Waals surface area contributed by atoms with Crippen LogP contribution in [-0.2, 0) is 11.2 Å². The van der Waals surface area contributed by atoms with Gasteiger partial charge in [0.05, 0.1) is 5.69 Å². The molecule has 0 aliphatic rings. The molecule has 0 aliphatic heterocycles. The zero-order valence-corrected chi connectivity index (χ0v) is 17.1. The molecule has 0 N–H and O–H groups in total. The van der Waals surface area contributed by atoms with Crippen LogP contribution in [0.15, 0.2) is 83.2 Å². The van der Waals surface area contributed by atoms with Crippen LogP contribution in [0.2, 0.25) is 0 Å². The number of thiazole rings is 1. The van der Waals surface area contributed by atoms with Crippen molar-refractivity contribution in [3.63, 3.8) is 0 Å². The average molecular weight is 417 g/mol. The summed E-state index contributed by atoms with van der Waals surface area (Å²) in [5, 5.41) is 6.61. The molecule has 0 fully saturated rings. The molecule has 0 saturated heterocycles. The third-order valence-electron chi connectivity index (χ3n) is 4.46. The molecule has 2 heterocycles. The molecule has 1 amide bonds. The van der Waals surface area contributed by atoms with E-state index < -0.39 is 0 Å². The lowest BCUT2D eigenvalue weighted by Gasteiger charge is -2.17. The van der Waals surface area contributed by atoms with Crippen LogP contribution in [-0.4, -0.2) is 27.6 Å². The van der Waals surface area contributed by atoms with Gasteiger partial charge in [-0.15, -0.1) is 17.9 Å². The summed E-state index contributed by atoms with van der Waals surface area (Å²) < 4.78 is 5.31. The second-order valence-corrected chi connectivity index (χ2v) is 7.39. The molecule has 7 heteroatoms. The lowest BCUT2D eigenvalue weighted by Crippen LogP contribution is -2.31. The Labute approximate surface area is 178 Å². The van der Waals surface area contributed by atoms with Gasteiger partial charge < -0.3 is 4.52 Å². The summed E-state index contributed by atoms with van der Waals surface area (Å²) in [5.74, 6) is 0.890. The largest absolute Gasteiger partial charge is 0.339 e. The topological polar surface area (TPSA) is 72.1 Å². The molecule has 30 heavy (non-hydrogen) atoms. The van der Waals surface area contributed by atoms with Gasteiger partial charge in [-0.05, 0) is 0 Å². The first kappa shape index (κ1) is 19.7. The Morgan fingerprint density at radius 1 is 1.03 bits per heavy atom. The van der Waals surface area contributed by atoms with Crippen molar-refractivity contribution in [1.29, 1.82) is 0 Å². The number of carbonyl (C=O) groups is 1. The highest BCUT2D eigenvalue weighted by molar-refractivity contribution is 7.14. The summed E-state index contributed by atoms with van der Waals surface area (Å²) >= 11 is 1.44. The van der Waals surface area contributed by atoms with Crippen molar-refractivity contribution in [3.8, 4) is 22.6 Å². The normalized spacial score (nSPS) is 10.7. The van der Waals surface area contributed by atoms with E-state index >= 15 is 0 Å². The van der Waals surface area contributed by atoms with Crippen molar-refractivity contribution in [1.82, 2.24) is 15.1 Å². The molecule has 0 spiro atoms. The minimum Gasteiger partial charge on any atom is -0.339 e. The number of rotatable bonds is 8. The van der Waals surface area contributed by atoms with E-state index in [-0.39, 0.29) is 12.3 Å². The van der Waals surface area contributed by atoms with Gasteiger partial charge in [0.2, 0.25) is 17.6 Å². The van der Waals surface area contributed by atoms with E-state index in [0.717, 1.165) is 16.8 Å². The SMILES string of the molecule is C=CCN(C(=O)CCc1nc(-c2ccccc2)no1)c1nc(-c2ccccc2)cs1. The van der Waals surface area contributed by atoms with E-state index in [2.05, 4.69) is 21.7 Å². The predicted molar refractivity (Wildman–Crippen MR) is 118 cm³/mol. The lowest BCUT2D eigenvalue weighted by atomic mass is 10.2. The van der Waals surface area contributed by atoms with Gasteiger partial charge >= 0.3 is 0 Å². The Balaban J connectivity index is 1.44. The number of aromatic nitrogens is 3. The molecule has 0 atom stereocenters. The Morgan fingerprint density at radius 3 is 2.43 bits per heavy atom. The molecule has 0 aliphatic carbocycles. The molecule has 2 aromatic carbocycles. The van der Waals surface area contributed by atoms with Crippen molar-refractivity contribution < 1.29 is 9.32 Å². The van der Waals surface area contributed by atoms with Crippen molar-refractivity contribution >= 4 is 22.4 Å². The second-order valence-electron chi connectivity index (χ2n) is 6.55. The first-order valence-corrected chi connectivity index (χ1v) is 10.4. The molecule has 4 aromatic rings. The third kappa shape index (κ3) is 4.52. The molecule has 0 bridgehead atoms. The van der Waals surface area contributed by atoms with Crippen molar-refractivity contribution in [3.05, 3.63) is 84.6 Å². The minimum absolute atomic E-state index is 0.0664. The van der Waals surface area contributed by atoms with Gasteiger partial charge in [-0.25, -0.2) is 4.98 Å². The molecule has 0 unspecified atom stereocenters. The first-order valence-electron chi connectivity index (χ1n) is 9.55. The van der Waals surface area contributed by atoms with E-state index in [1.807, 2.05) is 66.0 Å². The van der Waals surface area contributed by atoms with Crippen LogP contribution in [0.3, 0.4) is 0 Å². The van der Waals surface area contributed by atoms with Crippen LogP contribution in [0.25, 0.3) is 22.6 Å². The van der Waals surface area contributed by atoms with Crippen LogP contribution in [0.5, 0.6) is 0 Å². The summed E-state index contributed by atoms with van der Waals surface area (Å²) in [5.41, 5.74) is 2.75. The molecular formula is C23H20N4O2S. The number of aryl methyl sites for hydroxylation is 1. The van der Waals surface area contributed by atoms with Crippen LogP contribution in [0.1, 0.15) is 12.3 Å². The predicted octanol–water partition coefficient (Wildman–Crippen LogP) is 5.01. The number of benzene rings is 2. The standard InChI is InChI=1S/C23H20N4O2S/c1-2-15-27(23-24-19(16-30-23)17-9-5-3-6-10-17)21(28)14-13-20-25-22(26-29-20)18-11-7-4-8-12-18/h2-12,16H,1,13-15H2. The number of anilines is 1. The highest BCUT2D eigenvalue weighted by atomic mass is 32.1. The summed E-state index contributed by atoms with van der Waals surface area (Å²) in [4.78, 5) is 23.6. The maximum absolute atomic E-state index is 12.9. The quantitative estimate of drug-likeness (QED) is 0.378. The highest BCUT2D eigenvalue weighted by Crippen LogP contribution is 2.28. The second kappa shape index (κ2) is 9.28. The smallest absolute Gasteiger partial charge is 0.229 e. The van der Waals surface area contributed by atoms with Gasteiger partial charge in [-0.2, -0.15) is 4.98 Å². The summed E-state index contributed by atoms with van der Waals surface area (Å²) in [6.07, 6.45) is 2.30. The molecular weight excluding hydrogens is 396 g/mol. The number of nitrogens with zero attached hydrogens (tertiary/aromatic N) is 4. The Morgan fingerprint density at radius 2 is 1.73 bits per heavy atom. The van der Waals surface area contributed by atoms with E-state index in [0.29, 0.717) is 29.8 Å². The molecule has 0 saturated carbocycles. The fourth-order valence-electron chi connectivity index (χ4n) is 2.96. The molecule has 0 radical (unpaired) electrons. The number of carbonyl (C=O) groups excluding carboxylic acids is 1. The fraction of sp³-hybridized carbons (Fsp3) is 0.130. The fourth-order valence-corrected chi connectivity index (χ4v) is 3.82. The third-order valence-corrected chi connectivity index (χ3v) is 5.32. The zero-order valence-electron chi connectivity index (χ0n) is 16.3. The molecule has 4 rings (SSSR count). The molecule has 6 nitrogen and oxygen atoms in total. The summed E-state index contributed by atoms with van der Waals surface area (Å²) in [6.45, 7) is 4.16. The number of hydrogen-bond donors (Lipinski definition) is 0. The Hall–Kier alpha value is -3.58. The van der Waals surface area contributed by atoms with E-state index in [1.54, 1.807) is 11.0 Å². The Kier molecular flexibility index (Phi) is 6.10. The average Bonchev–Trinajstić information content (AvgIpc) is 3.47. The molecule has 150 valence electrons. The zero-order chi connectivity index (χ0) is 20.8. The molecule has 2 aromatic heterocycles. The van der Waals surface area contributed by atoms with Crippen LogP contribution < -0.4 is 4.90 Å². The van der Waals surface area contributed by atoms with Crippen molar-refractivity contribution in [2.24, 2.45) is 0 Å². The number of amides is 1. The summed E-state index contributed by atoms with van der Waals surface area (Å²) in [7, 11) is 0.